The average molecular weight is 1110 g/mol. The second-order valence-corrected chi connectivity index (χ2v) is 23.7. The molecule has 0 saturated carbocycles. The smallest absolute Gasteiger partial charge is 0.159 e. The summed E-state index contributed by atoms with van der Waals surface area (Å²) in [5.41, 5.74) is 25.1. The van der Waals surface area contributed by atoms with Crippen LogP contribution in [0.25, 0.3) is 142 Å². The van der Waals surface area contributed by atoms with E-state index in [0.717, 1.165) is 117 Å². The van der Waals surface area contributed by atoms with Gasteiger partial charge in [0.15, 0.2) is 11.2 Å². The number of aryl methyl sites for hydroxylation is 3. The average Bonchev–Trinajstić information content (AvgIpc) is 1.55. The quantitative estimate of drug-likeness (QED) is 0.152. The van der Waals surface area contributed by atoms with Gasteiger partial charge in [-0.15, -0.1) is 0 Å². The van der Waals surface area contributed by atoms with Gasteiger partial charge in [0, 0.05) is 76.0 Å². The van der Waals surface area contributed by atoms with Crippen LogP contribution in [-0.2, 0) is 0 Å². The van der Waals surface area contributed by atoms with Gasteiger partial charge < -0.3 is 27.4 Å². The van der Waals surface area contributed by atoms with Crippen molar-refractivity contribution in [2.45, 2.75) is 20.8 Å². The van der Waals surface area contributed by atoms with E-state index in [2.05, 4.69) is 300 Å². The third-order valence-corrected chi connectivity index (χ3v) is 18.9. The molecule has 6 aromatic heterocycles. The SMILES string of the molecule is Cc1ccc(-c2ccccc2)cc1N(c1cccc2c1oc1ccccc12)c1cccc2c1c1cccc3c4cc5c(cc4n2c31)c1cccc2c3c(N(c4cc(-c6ccccc6)ccc4C)c4c(C)ccc6c4oc4ccccc46)cccc3n5c12. The molecule has 408 valence electrons. The lowest BCUT2D eigenvalue weighted by atomic mass is 9.99. The lowest BCUT2D eigenvalue weighted by Gasteiger charge is -2.30. The van der Waals surface area contributed by atoms with Gasteiger partial charge in [0.1, 0.15) is 11.2 Å². The number of para-hydroxylation sites is 5. The molecule has 87 heavy (non-hydrogen) atoms. The minimum atomic E-state index is 0.856. The van der Waals surface area contributed by atoms with Gasteiger partial charge in [-0.2, -0.15) is 0 Å². The van der Waals surface area contributed by atoms with E-state index >= 15 is 0 Å². The van der Waals surface area contributed by atoms with Crippen molar-refractivity contribution in [2.75, 3.05) is 9.80 Å². The van der Waals surface area contributed by atoms with Gasteiger partial charge in [-0.05, 0) is 126 Å². The standard InChI is InChI=1S/C81H52N4O2/c1-47-37-40-52(50-19-6-4-7-20-50)43-69(47)82(68-34-16-27-58-54-23-10-12-35-73(54)86-80(58)68)64-30-17-32-66-75(64)60-28-14-25-56-62-46-72-63(45-71(62)84(66)78(56)60)57-26-15-29-61-76-65(31-18-33-67(76)85(72)79(57)61)83(70-44-53(41-38-48(70)2)51-21-8-5-9-22-51)77-49(3)39-42-59-55-24-11-13-36-74(55)87-81(59)77/h4-46H,1-3H3. The van der Waals surface area contributed by atoms with Crippen molar-refractivity contribution < 1.29 is 8.83 Å². The van der Waals surface area contributed by atoms with Crippen LogP contribution in [0.15, 0.2) is 270 Å². The van der Waals surface area contributed by atoms with Crippen LogP contribution in [0.5, 0.6) is 0 Å². The van der Waals surface area contributed by atoms with Gasteiger partial charge in [-0.1, -0.05) is 194 Å². The van der Waals surface area contributed by atoms with Gasteiger partial charge in [0.05, 0.1) is 55.8 Å². The summed E-state index contributed by atoms with van der Waals surface area (Å²) >= 11 is 0. The molecule has 0 aliphatic carbocycles. The molecule has 0 atom stereocenters. The first-order valence-corrected chi connectivity index (χ1v) is 30.0. The zero-order valence-electron chi connectivity index (χ0n) is 47.9. The Morgan fingerprint density at radius 3 is 1.26 bits per heavy atom. The zero-order valence-corrected chi connectivity index (χ0v) is 47.9. The molecular weight excluding hydrogens is 1060 g/mol. The summed E-state index contributed by atoms with van der Waals surface area (Å²) in [7, 11) is 0. The molecule has 0 amide bonds. The summed E-state index contributed by atoms with van der Waals surface area (Å²) in [5.74, 6) is 0. The number of hydrogen-bond donors (Lipinski definition) is 0. The first-order chi connectivity index (χ1) is 42.9. The number of hydrogen-bond acceptors (Lipinski definition) is 4. The minimum absolute atomic E-state index is 0.856. The van der Waals surface area contributed by atoms with Crippen LogP contribution in [0.4, 0.5) is 34.1 Å². The summed E-state index contributed by atoms with van der Waals surface area (Å²) in [6.45, 7) is 6.68. The number of rotatable bonds is 8. The summed E-state index contributed by atoms with van der Waals surface area (Å²) < 4.78 is 19.0. The summed E-state index contributed by atoms with van der Waals surface area (Å²) in [5, 5.41) is 14.1. The Hall–Kier alpha value is -11.3. The molecule has 0 spiro atoms. The fourth-order valence-electron chi connectivity index (χ4n) is 15.0. The van der Waals surface area contributed by atoms with E-state index in [4.69, 9.17) is 8.83 Å². The van der Waals surface area contributed by atoms with E-state index in [-0.39, 0.29) is 0 Å². The van der Waals surface area contributed by atoms with Gasteiger partial charge >= 0.3 is 0 Å². The number of fused-ring (bicyclic) bond motifs is 18. The monoisotopic (exact) mass is 1110 g/mol. The van der Waals surface area contributed by atoms with Crippen LogP contribution in [0, 0.1) is 20.8 Å². The molecule has 19 rings (SSSR count). The molecule has 13 aromatic carbocycles. The Labute approximate surface area is 499 Å². The van der Waals surface area contributed by atoms with Crippen molar-refractivity contribution in [3.63, 3.8) is 0 Å². The maximum atomic E-state index is 6.99. The number of aromatic nitrogens is 2. The van der Waals surface area contributed by atoms with Crippen LogP contribution in [-0.4, -0.2) is 8.80 Å². The lowest BCUT2D eigenvalue weighted by Crippen LogP contribution is -2.13. The Kier molecular flexibility index (Phi) is 9.86. The van der Waals surface area contributed by atoms with Crippen molar-refractivity contribution in [1.82, 2.24) is 8.80 Å². The first kappa shape index (κ1) is 48.1. The Morgan fingerprint density at radius 1 is 0.264 bits per heavy atom. The molecule has 0 fully saturated rings. The van der Waals surface area contributed by atoms with Crippen LogP contribution < -0.4 is 9.80 Å². The molecule has 0 N–H and O–H groups in total. The van der Waals surface area contributed by atoms with E-state index in [1.165, 1.54) is 76.3 Å². The largest absolute Gasteiger partial charge is 0.454 e. The van der Waals surface area contributed by atoms with Crippen LogP contribution in [0.1, 0.15) is 16.7 Å². The van der Waals surface area contributed by atoms with E-state index in [1.807, 2.05) is 0 Å². The molecular formula is C81H52N4O2. The third-order valence-electron chi connectivity index (χ3n) is 18.9. The lowest BCUT2D eigenvalue weighted by molar-refractivity contribution is 0.668. The third kappa shape index (κ3) is 6.64. The molecule has 0 aliphatic rings. The highest BCUT2D eigenvalue weighted by Crippen LogP contribution is 2.54. The summed E-state index contributed by atoms with van der Waals surface area (Å²) in [4.78, 5) is 4.96. The van der Waals surface area contributed by atoms with Crippen LogP contribution in [0.3, 0.4) is 0 Å². The number of furan rings is 2. The molecule has 0 unspecified atom stereocenters. The fourth-order valence-corrected chi connectivity index (χ4v) is 15.0. The number of anilines is 6. The van der Waals surface area contributed by atoms with Gasteiger partial charge in [-0.3, -0.25) is 0 Å². The first-order valence-electron chi connectivity index (χ1n) is 30.0. The normalized spacial score (nSPS) is 12.3. The van der Waals surface area contributed by atoms with Gasteiger partial charge in [-0.25, -0.2) is 0 Å². The minimum Gasteiger partial charge on any atom is -0.454 e. The van der Waals surface area contributed by atoms with Crippen LogP contribution >= 0.6 is 0 Å². The van der Waals surface area contributed by atoms with Crippen LogP contribution in [0.2, 0.25) is 0 Å². The van der Waals surface area contributed by atoms with Crippen molar-refractivity contribution in [2.24, 2.45) is 0 Å². The fraction of sp³-hybridized carbons (Fsp3) is 0.0370. The number of nitrogens with zero attached hydrogens (tertiary/aromatic N) is 4. The molecule has 6 nitrogen and oxygen atoms in total. The van der Waals surface area contributed by atoms with E-state index in [1.54, 1.807) is 0 Å². The zero-order chi connectivity index (χ0) is 57.3. The summed E-state index contributed by atoms with van der Waals surface area (Å²) in [6, 6.07) is 95.5. The van der Waals surface area contributed by atoms with E-state index in [9.17, 15) is 0 Å². The van der Waals surface area contributed by atoms with E-state index in [0.29, 0.717) is 0 Å². The van der Waals surface area contributed by atoms with Crippen molar-refractivity contribution in [3.8, 4) is 22.3 Å². The molecule has 0 bridgehead atoms. The van der Waals surface area contributed by atoms with Crippen molar-refractivity contribution in [1.29, 1.82) is 0 Å². The maximum absolute atomic E-state index is 6.99. The number of benzene rings is 13. The molecule has 0 saturated heterocycles. The summed E-state index contributed by atoms with van der Waals surface area (Å²) in [6.07, 6.45) is 0. The maximum Gasteiger partial charge on any atom is 0.159 e. The predicted molar refractivity (Wildman–Crippen MR) is 365 cm³/mol. The van der Waals surface area contributed by atoms with Crippen molar-refractivity contribution >= 4 is 154 Å². The molecule has 19 aromatic rings. The topological polar surface area (TPSA) is 41.6 Å². The highest BCUT2D eigenvalue weighted by Gasteiger charge is 2.31. The van der Waals surface area contributed by atoms with Gasteiger partial charge in [0.25, 0.3) is 0 Å². The van der Waals surface area contributed by atoms with Gasteiger partial charge in [0.2, 0.25) is 0 Å². The molecule has 0 radical (unpaired) electrons. The predicted octanol–water partition coefficient (Wildman–Crippen LogP) is 23.0. The second kappa shape index (κ2) is 17.8. The Bertz CT molecular complexity index is 6060. The van der Waals surface area contributed by atoms with Crippen molar-refractivity contribution in [3.05, 3.63) is 278 Å². The highest BCUT2D eigenvalue weighted by atomic mass is 16.3. The highest BCUT2D eigenvalue weighted by molar-refractivity contribution is 6.32. The van der Waals surface area contributed by atoms with E-state index < -0.39 is 0 Å². The molecule has 6 heterocycles. The Balaban J connectivity index is 0.862. The Morgan fingerprint density at radius 2 is 0.690 bits per heavy atom. The molecule has 0 aliphatic heterocycles. The second-order valence-electron chi connectivity index (χ2n) is 23.7. The molecule has 6 heteroatoms.